The molecule has 4 rings (SSSR count). The second-order valence-corrected chi connectivity index (χ2v) is 7.38. The first kappa shape index (κ1) is 21.3. The maximum Gasteiger partial charge on any atom is 0.267 e. The molecule has 0 unspecified atom stereocenters. The van der Waals surface area contributed by atoms with Gasteiger partial charge in [-0.05, 0) is 48.6 Å². The normalized spacial score (nSPS) is 11.0. The van der Waals surface area contributed by atoms with Crippen LogP contribution in [0.2, 0.25) is 0 Å². The molecule has 0 aliphatic rings. The Morgan fingerprint density at radius 1 is 1.00 bits per heavy atom. The van der Waals surface area contributed by atoms with Gasteiger partial charge in [-0.2, -0.15) is 0 Å². The van der Waals surface area contributed by atoms with Crippen molar-refractivity contribution in [2.75, 3.05) is 7.11 Å². The number of aryl methyl sites for hydroxylation is 3. The zero-order valence-corrected chi connectivity index (χ0v) is 17.5. The summed E-state index contributed by atoms with van der Waals surface area (Å²) < 4.78 is 34.5. The molecular weight excluding hydrogens is 414 g/mol. The lowest BCUT2D eigenvalue weighted by Crippen LogP contribution is -2.13. The predicted octanol–water partition coefficient (Wildman–Crippen LogP) is 4.17. The molecule has 0 fully saturated rings. The standard InChI is InChI=1S/C24H20F2N4O2/c1-13-28-11-15(12-29-13)4-3-14-5-6-17-18(10-22(24(27)31)30-21(17)7-14)23-19(25)8-16(32-2)9-20(23)26/h5-12H,3-4H2,1-2H3,(H2,27,31). The molecule has 0 atom stereocenters. The topological polar surface area (TPSA) is 91.0 Å². The van der Waals surface area contributed by atoms with Gasteiger partial charge in [0.05, 0.1) is 18.2 Å². The van der Waals surface area contributed by atoms with Crippen LogP contribution in [-0.2, 0) is 12.8 Å². The van der Waals surface area contributed by atoms with E-state index < -0.39 is 17.5 Å². The number of methoxy groups -OCH3 is 1. The van der Waals surface area contributed by atoms with E-state index in [9.17, 15) is 13.6 Å². The lowest BCUT2D eigenvalue weighted by Gasteiger charge is -2.13. The van der Waals surface area contributed by atoms with Crippen LogP contribution in [0.4, 0.5) is 8.78 Å². The number of ether oxygens (including phenoxy) is 1. The molecule has 0 bridgehead atoms. The number of hydrogen-bond donors (Lipinski definition) is 1. The van der Waals surface area contributed by atoms with Crippen LogP contribution in [0.3, 0.4) is 0 Å². The highest BCUT2D eigenvalue weighted by atomic mass is 19.1. The first-order chi connectivity index (χ1) is 15.4. The average molecular weight is 434 g/mol. The molecule has 0 saturated carbocycles. The highest BCUT2D eigenvalue weighted by molar-refractivity contribution is 6.01. The van der Waals surface area contributed by atoms with Crippen molar-refractivity contribution in [1.29, 1.82) is 0 Å². The van der Waals surface area contributed by atoms with E-state index in [0.29, 0.717) is 29.6 Å². The number of carbonyl (C=O) groups excluding carboxylic acids is 1. The zero-order valence-electron chi connectivity index (χ0n) is 17.5. The van der Waals surface area contributed by atoms with E-state index >= 15 is 0 Å². The number of hydrogen-bond acceptors (Lipinski definition) is 5. The van der Waals surface area contributed by atoms with Gasteiger partial charge in [-0.25, -0.2) is 23.7 Å². The average Bonchev–Trinajstić information content (AvgIpc) is 2.77. The fourth-order valence-electron chi connectivity index (χ4n) is 3.52. The number of nitrogens with zero attached hydrogens (tertiary/aromatic N) is 3. The van der Waals surface area contributed by atoms with Gasteiger partial charge in [0.15, 0.2) is 0 Å². The molecule has 1 amide bonds. The minimum atomic E-state index is -0.812. The number of fused-ring (bicyclic) bond motifs is 1. The summed E-state index contributed by atoms with van der Waals surface area (Å²) in [5.41, 5.74) is 7.62. The number of aromatic nitrogens is 3. The van der Waals surface area contributed by atoms with E-state index in [1.807, 2.05) is 13.0 Å². The van der Waals surface area contributed by atoms with Gasteiger partial charge in [0.25, 0.3) is 5.91 Å². The van der Waals surface area contributed by atoms with E-state index in [0.717, 1.165) is 23.3 Å². The van der Waals surface area contributed by atoms with Crippen LogP contribution in [0, 0.1) is 18.6 Å². The minimum absolute atomic E-state index is 0.0552. The summed E-state index contributed by atoms with van der Waals surface area (Å²) in [5.74, 6) is -1.65. The smallest absolute Gasteiger partial charge is 0.267 e. The number of carbonyl (C=O) groups is 1. The van der Waals surface area contributed by atoms with Crippen LogP contribution in [0.5, 0.6) is 5.75 Å². The Balaban J connectivity index is 1.79. The molecule has 2 N–H and O–H groups in total. The highest BCUT2D eigenvalue weighted by Gasteiger charge is 2.19. The first-order valence-electron chi connectivity index (χ1n) is 9.90. The van der Waals surface area contributed by atoms with Crippen molar-refractivity contribution in [3.05, 3.63) is 83.1 Å². The quantitative estimate of drug-likeness (QED) is 0.492. The van der Waals surface area contributed by atoms with Crippen molar-refractivity contribution < 1.29 is 18.3 Å². The van der Waals surface area contributed by atoms with Gasteiger partial charge in [0.2, 0.25) is 0 Å². The van der Waals surface area contributed by atoms with E-state index in [1.54, 1.807) is 24.5 Å². The molecule has 0 saturated heterocycles. The molecule has 6 nitrogen and oxygen atoms in total. The van der Waals surface area contributed by atoms with E-state index in [4.69, 9.17) is 10.5 Å². The molecule has 0 aliphatic carbocycles. The molecule has 32 heavy (non-hydrogen) atoms. The Labute approximate surface area is 183 Å². The largest absolute Gasteiger partial charge is 0.497 e. The zero-order chi connectivity index (χ0) is 22.8. The Kier molecular flexibility index (Phi) is 5.77. The van der Waals surface area contributed by atoms with Gasteiger partial charge in [-0.15, -0.1) is 0 Å². The molecule has 2 heterocycles. The number of halogens is 2. The molecule has 0 spiro atoms. The minimum Gasteiger partial charge on any atom is -0.497 e. The molecule has 0 aliphatic heterocycles. The highest BCUT2D eigenvalue weighted by Crippen LogP contribution is 2.35. The van der Waals surface area contributed by atoms with Crippen LogP contribution >= 0.6 is 0 Å². The summed E-state index contributed by atoms with van der Waals surface area (Å²) >= 11 is 0. The molecule has 2 aromatic carbocycles. The third-order valence-corrected chi connectivity index (χ3v) is 5.18. The molecular formula is C24H20F2N4O2. The number of pyridine rings is 1. The van der Waals surface area contributed by atoms with Crippen LogP contribution in [0.1, 0.15) is 27.4 Å². The van der Waals surface area contributed by atoms with Crippen LogP contribution < -0.4 is 10.5 Å². The van der Waals surface area contributed by atoms with Crippen LogP contribution in [0.25, 0.3) is 22.0 Å². The third-order valence-electron chi connectivity index (χ3n) is 5.18. The summed E-state index contributed by atoms with van der Waals surface area (Å²) in [6, 6.07) is 8.89. The molecule has 8 heteroatoms. The summed E-state index contributed by atoms with van der Waals surface area (Å²) in [4.78, 5) is 24.6. The summed E-state index contributed by atoms with van der Waals surface area (Å²) in [5, 5.41) is 0.500. The Morgan fingerprint density at radius 3 is 2.28 bits per heavy atom. The van der Waals surface area contributed by atoms with Gasteiger partial charge in [-0.3, -0.25) is 4.79 Å². The maximum atomic E-state index is 14.8. The Morgan fingerprint density at radius 2 is 1.66 bits per heavy atom. The summed E-state index contributed by atoms with van der Waals surface area (Å²) in [7, 11) is 1.32. The van der Waals surface area contributed by atoms with Crippen molar-refractivity contribution in [2.24, 2.45) is 5.73 Å². The second kappa shape index (κ2) is 8.66. The van der Waals surface area contributed by atoms with Gasteiger partial charge >= 0.3 is 0 Å². The fraction of sp³-hybridized carbons (Fsp3) is 0.167. The van der Waals surface area contributed by atoms with Gasteiger partial charge < -0.3 is 10.5 Å². The van der Waals surface area contributed by atoms with Gasteiger partial charge in [0.1, 0.15) is 28.9 Å². The number of primary amides is 1. The van der Waals surface area contributed by atoms with Crippen molar-refractivity contribution >= 4 is 16.8 Å². The van der Waals surface area contributed by atoms with Crippen LogP contribution in [0.15, 0.2) is 48.8 Å². The number of benzene rings is 2. The van der Waals surface area contributed by atoms with Crippen LogP contribution in [-0.4, -0.2) is 28.0 Å². The maximum absolute atomic E-state index is 14.8. The Hall–Kier alpha value is -3.94. The second-order valence-electron chi connectivity index (χ2n) is 7.38. The molecule has 0 radical (unpaired) electrons. The van der Waals surface area contributed by atoms with Gasteiger partial charge in [0, 0.05) is 29.9 Å². The Bertz CT molecular complexity index is 1300. The molecule has 2 aromatic heterocycles. The lowest BCUT2D eigenvalue weighted by molar-refractivity contribution is 0.0996. The fourth-order valence-corrected chi connectivity index (χ4v) is 3.52. The predicted molar refractivity (Wildman–Crippen MR) is 116 cm³/mol. The summed E-state index contributed by atoms with van der Waals surface area (Å²) in [6.45, 7) is 1.82. The van der Waals surface area contributed by atoms with Crippen molar-refractivity contribution in [2.45, 2.75) is 19.8 Å². The van der Waals surface area contributed by atoms with Crippen molar-refractivity contribution in [3.8, 4) is 16.9 Å². The molecule has 4 aromatic rings. The van der Waals surface area contributed by atoms with Gasteiger partial charge in [-0.1, -0.05) is 12.1 Å². The van der Waals surface area contributed by atoms with E-state index in [-0.39, 0.29) is 22.6 Å². The SMILES string of the molecule is COc1cc(F)c(-c2cc(C(N)=O)nc3cc(CCc4cnc(C)nc4)ccc23)c(F)c1. The number of rotatable bonds is 6. The lowest BCUT2D eigenvalue weighted by atomic mass is 9.96. The van der Waals surface area contributed by atoms with Crippen molar-refractivity contribution in [1.82, 2.24) is 15.0 Å². The first-order valence-corrected chi connectivity index (χ1v) is 9.90. The number of nitrogens with two attached hydrogens (primary N) is 1. The third kappa shape index (κ3) is 4.25. The van der Waals surface area contributed by atoms with Crippen molar-refractivity contribution in [3.63, 3.8) is 0 Å². The monoisotopic (exact) mass is 434 g/mol. The van der Waals surface area contributed by atoms with E-state index in [1.165, 1.54) is 13.2 Å². The number of amides is 1. The summed E-state index contributed by atoms with van der Waals surface area (Å²) in [6.07, 6.45) is 4.93. The molecule has 162 valence electrons. The van der Waals surface area contributed by atoms with E-state index in [2.05, 4.69) is 15.0 Å².